The third-order valence-electron chi connectivity index (χ3n) is 3.18. The molecule has 110 valence electrons. The molecule has 2 aromatic carbocycles. The van der Waals surface area contributed by atoms with Gasteiger partial charge in [-0.25, -0.2) is 4.39 Å². The number of halogens is 1. The van der Waals surface area contributed by atoms with E-state index >= 15 is 0 Å². The Morgan fingerprint density at radius 2 is 1.86 bits per heavy atom. The molecule has 0 unspecified atom stereocenters. The summed E-state index contributed by atoms with van der Waals surface area (Å²) >= 11 is 0. The largest absolute Gasteiger partial charge is 0.324 e. The third kappa shape index (κ3) is 2.85. The first-order valence-corrected chi connectivity index (χ1v) is 6.64. The number of amides is 1. The quantitative estimate of drug-likeness (QED) is 0.806. The molecule has 0 bridgehead atoms. The highest BCUT2D eigenvalue weighted by molar-refractivity contribution is 5.91. The van der Waals surface area contributed by atoms with Crippen LogP contribution >= 0.6 is 0 Å². The van der Waals surface area contributed by atoms with E-state index in [1.807, 2.05) is 0 Å². The zero-order valence-corrected chi connectivity index (χ0v) is 11.5. The zero-order valence-electron chi connectivity index (χ0n) is 11.5. The van der Waals surface area contributed by atoms with Gasteiger partial charge in [0.1, 0.15) is 12.4 Å². The SMILES string of the molecule is O=C(Cn1ncc(=O)c2ccccc21)Nc1ccc(F)cc1. The van der Waals surface area contributed by atoms with Gasteiger partial charge in [0.05, 0.1) is 11.7 Å². The molecular formula is C16H12FN3O2. The van der Waals surface area contributed by atoms with Gasteiger partial charge in [0.2, 0.25) is 11.3 Å². The Kier molecular flexibility index (Phi) is 3.65. The van der Waals surface area contributed by atoms with Crippen LogP contribution < -0.4 is 10.7 Å². The first-order valence-electron chi connectivity index (χ1n) is 6.64. The van der Waals surface area contributed by atoms with Crippen molar-refractivity contribution < 1.29 is 9.18 Å². The van der Waals surface area contributed by atoms with E-state index in [1.165, 1.54) is 35.1 Å². The molecule has 1 heterocycles. The average Bonchev–Trinajstić information content (AvgIpc) is 2.53. The van der Waals surface area contributed by atoms with Gasteiger partial charge in [0.25, 0.3) is 0 Å². The van der Waals surface area contributed by atoms with Crippen LogP contribution in [0.4, 0.5) is 10.1 Å². The number of nitrogens with zero attached hydrogens (tertiary/aromatic N) is 2. The minimum atomic E-state index is -0.369. The third-order valence-corrected chi connectivity index (χ3v) is 3.18. The molecule has 0 radical (unpaired) electrons. The van der Waals surface area contributed by atoms with E-state index in [1.54, 1.807) is 24.3 Å². The number of carbonyl (C=O) groups is 1. The lowest BCUT2D eigenvalue weighted by molar-refractivity contribution is -0.116. The molecule has 1 amide bonds. The maximum atomic E-state index is 12.8. The molecule has 0 aliphatic heterocycles. The number of rotatable bonds is 3. The highest BCUT2D eigenvalue weighted by Gasteiger charge is 2.08. The summed E-state index contributed by atoms with van der Waals surface area (Å²) in [4.78, 5) is 23.8. The Morgan fingerprint density at radius 1 is 1.14 bits per heavy atom. The van der Waals surface area contributed by atoms with Crippen molar-refractivity contribution >= 4 is 22.5 Å². The number of carbonyl (C=O) groups excluding carboxylic acids is 1. The average molecular weight is 297 g/mol. The van der Waals surface area contributed by atoms with Gasteiger partial charge in [-0.1, -0.05) is 12.1 Å². The first kappa shape index (κ1) is 13.9. The van der Waals surface area contributed by atoms with Gasteiger partial charge < -0.3 is 5.32 Å². The second-order valence-electron chi connectivity index (χ2n) is 4.74. The monoisotopic (exact) mass is 297 g/mol. The topological polar surface area (TPSA) is 64.0 Å². The number of benzene rings is 2. The fraction of sp³-hybridized carbons (Fsp3) is 0.0625. The Labute approximate surface area is 125 Å². The van der Waals surface area contributed by atoms with Crippen molar-refractivity contribution in [3.8, 4) is 0 Å². The zero-order chi connectivity index (χ0) is 15.5. The lowest BCUT2D eigenvalue weighted by atomic mass is 10.2. The highest BCUT2D eigenvalue weighted by atomic mass is 19.1. The summed E-state index contributed by atoms with van der Waals surface area (Å²) in [5, 5.41) is 7.14. The molecule has 0 saturated carbocycles. The van der Waals surface area contributed by atoms with Crippen LogP contribution in [0.15, 0.2) is 59.5 Å². The normalized spacial score (nSPS) is 10.6. The standard InChI is InChI=1S/C16H12FN3O2/c17-11-5-7-12(8-6-11)19-16(22)10-20-14-4-2-1-3-13(14)15(21)9-18-20/h1-9H,10H2,(H,19,22). The molecule has 1 N–H and O–H groups in total. The molecule has 5 nitrogen and oxygen atoms in total. The van der Waals surface area contributed by atoms with Crippen molar-refractivity contribution in [1.82, 2.24) is 9.78 Å². The summed E-state index contributed by atoms with van der Waals surface area (Å²) in [5.41, 5.74) is 0.895. The van der Waals surface area contributed by atoms with Gasteiger partial charge in [0.15, 0.2) is 0 Å². The van der Waals surface area contributed by atoms with Crippen LogP contribution in [0.5, 0.6) is 0 Å². The highest BCUT2D eigenvalue weighted by Crippen LogP contribution is 2.10. The van der Waals surface area contributed by atoms with Crippen LogP contribution in [-0.2, 0) is 11.3 Å². The predicted octanol–water partition coefficient (Wildman–Crippen LogP) is 2.17. The number of hydrogen-bond acceptors (Lipinski definition) is 3. The molecule has 0 saturated heterocycles. The van der Waals surface area contributed by atoms with E-state index in [-0.39, 0.29) is 23.7 Å². The molecular weight excluding hydrogens is 285 g/mol. The van der Waals surface area contributed by atoms with E-state index in [2.05, 4.69) is 10.4 Å². The van der Waals surface area contributed by atoms with Crippen LogP contribution in [0, 0.1) is 5.82 Å². The van der Waals surface area contributed by atoms with Gasteiger partial charge in [-0.15, -0.1) is 0 Å². The lowest BCUT2D eigenvalue weighted by Crippen LogP contribution is -2.22. The van der Waals surface area contributed by atoms with Gasteiger partial charge in [-0.3, -0.25) is 14.3 Å². The number of nitrogens with one attached hydrogen (secondary N) is 1. The van der Waals surface area contributed by atoms with Gasteiger partial charge >= 0.3 is 0 Å². The van der Waals surface area contributed by atoms with E-state index in [0.29, 0.717) is 16.6 Å². The number of hydrogen-bond donors (Lipinski definition) is 1. The summed E-state index contributed by atoms with van der Waals surface area (Å²) in [5.74, 6) is -0.682. The summed E-state index contributed by atoms with van der Waals surface area (Å²) < 4.78 is 14.3. The summed E-state index contributed by atoms with van der Waals surface area (Å²) in [6.45, 7) is -0.0435. The summed E-state index contributed by atoms with van der Waals surface area (Å²) in [6.07, 6.45) is 1.19. The number of para-hydroxylation sites is 1. The van der Waals surface area contributed by atoms with Gasteiger partial charge in [0, 0.05) is 11.1 Å². The maximum Gasteiger partial charge on any atom is 0.246 e. The van der Waals surface area contributed by atoms with Crippen LogP contribution in [0.3, 0.4) is 0 Å². The molecule has 0 fully saturated rings. The van der Waals surface area contributed by atoms with Crippen molar-refractivity contribution in [3.63, 3.8) is 0 Å². The smallest absolute Gasteiger partial charge is 0.246 e. The predicted molar refractivity (Wildman–Crippen MR) is 81.0 cm³/mol. The van der Waals surface area contributed by atoms with Crippen molar-refractivity contribution in [3.05, 3.63) is 70.8 Å². The minimum Gasteiger partial charge on any atom is -0.324 e. The van der Waals surface area contributed by atoms with Crippen molar-refractivity contribution in [2.75, 3.05) is 5.32 Å². The second kappa shape index (κ2) is 5.77. The fourth-order valence-corrected chi connectivity index (χ4v) is 2.16. The van der Waals surface area contributed by atoms with Gasteiger partial charge in [-0.2, -0.15) is 5.10 Å². The van der Waals surface area contributed by atoms with Crippen LogP contribution in [-0.4, -0.2) is 15.7 Å². The number of aromatic nitrogens is 2. The van der Waals surface area contributed by atoms with E-state index in [0.717, 1.165) is 0 Å². The van der Waals surface area contributed by atoms with E-state index in [4.69, 9.17) is 0 Å². The Bertz CT molecular complexity index is 888. The van der Waals surface area contributed by atoms with Crippen LogP contribution in [0.1, 0.15) is 0 Å². The second-order valence-corrected chi connectivity index (χ2v) is 4.74. The maximum absolute atomic E-state index is 12.8. The first-order chi connectivity index (χ1) is 10.6. The van der Waals surface area contributed by atoms with Crippen LogP contribution in [0.25, 0.3) is 10.9 Å². The fourth-order valence-electron chi connectivity index (χ4n) is 2.16. The molecule has 0 aliphatic rings. The minimum absolute atomic E-state index is 0.0435. The van der Waals surface area contributed by atoms with E-state index in [9.17, 15) is 14.0 Å². The molecule has 1 aromatic heterocycles. The number of anilines is 1. The molecule has 0 spiro atoms. The van der Waals surface area contributed by atoms with Gasteiger partial charge in [-0.05, 0) is 36.4 Å². The molecule has 3 rings (SSSR count). The van der Waals surface area contributed by atoms with Crippen molar-refractivity contribution in [2.24, 2.45) is 0 Å². The molecule has 6 heteroatoms. The lowest BCUT2D eigenvalue weighted by Gasteiger charge is -2.09. The molecule has 0 atom stereocenters. The Morgan fingerprint density at radius 3 is 2.64 bits per heavy atom. The molecule has 3 aromatic rings. The Hall–Kier alpha value is -3.02. The summed E-state index contributed by atoms with van der Waals surface area (Å²) in [6, 6.07) is 12.4. The van der Waals surface area contributed by atoms with E-state index < -0.39 is 0 Å². The Balaban J connectivity index is 1.84. The molecule has 0 aliphatic carbocycles. The molecule has 22 heavy (non-hydrogen) atoms. The van der Waals surface area contributed by atoms with Crippen molar-refractivity contribution in [1.29, 1.82) is 0 Å². The van der Waals surface area contributed by atoms with Crippen molar-refractivity contribution in [2.45, 2.75) is 6.54 Å². The van der Waals surface area contributed by atoms with Crippen LogP contribution in [0.2, 0.25) is 0 Å². The number of fused-ring (bicyclic) bond motifs is 1. The summed E-state index contributed by atoms with van der Waals surface area (Å²) in [7, 11) is 0.